The van der Waals surface area contributed by atoms with E-state index in [1.54, 1.807) is 0 Å². The van der Waals surface area contributed by atoms with Crippen molar-refractivity contribution in [3.63, 3.8) is 0 Å². The summed E-state index contributed by atoms with van der Waals surface area (Å²) in [6, 6.07) is 4.44. The van der Waals surface area contributed by atoms with E-state index in [1.807, 2.05) is 23.2 Å². The first-order valence-corrected chi connectivity index (χ1v) is 10.4. The summed E-state index contributed by atoms with van der Waals surface area (Å²) in [7, 11) is 0. The van der Waals surface area contributed by atoms with Gasteiger partial charge in [0.2, 0.25) is 0 Å². The van der Waals surface area contributed by atoms with E-state index in [-0.39, 0.29) is 12.3 Å². The minimum atomic E-state index is -0.0983. The molecule has 3 aromatic rings. The fraction of sp³-hybridized carbons (Fsp3) is 0.524. The average molecular weight is 391 g/mol. The van der Waals surface area contributed by atoms with Crippen LogP contribution >= 0.6 is 0 Å². The Bertz CT molecular complexity index is 1110. The Morgan fingerprint density at radius 1 is 1.24 bits per heavy atom. The monoisotopic (exact) mass is 391 g/mol. The van der Waals surface area contributed by atoms with Crippen LogP contribution in [-0.4, -0.2) is 31.2 Å². The summed E-state index contributed by atoms with van der Waals surface area (Å²) >= 11 is 0. The molecule has 1 saturated carbocycles. The number of nitrogens with zero attached hydrogens (tertiary/aromatic N) is 6. The molecule has 0 radical (unpaired) electrons. The molecule has 1 atom stereocenters. The summed E-state index contributed by atoms with van der Waals surface area (Å²) in [5.41, 5.74) is 10.2. The highest BCUT2D eigenvalue weighted by Gasteiger charge is 2.32. The third kappa shape index (κ3) is 2.97. The van der Waals surface area contributed by atoms with Gasteiger partial charge in [0.25, 0.3) is 0 Å². The maximum atomic E-state index is 9.65. The Morgan fingerprint density at radius 3 is 2.72 bits per heavy atom. The number of aromatic nitrogens is 5. The zero-order valence-electron chi connectivity index (χ0n) is 16.8. The van der Waals surface area contributed by atoms with Gasteiger partial charge in [0.05, 0.1) is 27.9 Å². The zero-order chi connectivity index (χ0) is 20.1. The van der Waals surface area contributed by atoms with Crippen LogP contribution in [0, 0.1) is 11.3 Å². The molecule has 0 spiro atoms. The van der Waals surface area contributed by atoms with Crippen molar-refractivity contribution in [2.24, 2.45) is 0 Å². The maximum Gasteiger partial charge on any atom is 0.150 e. The van der Waals surface area contributed by atoms with Gasteiger partial charge in [-0.25, -0.2) is 9.67 Å². The average Bonchev–Trinajstić information content (AvgIpc) is 3.35. The second kappa shape index (κ2) is 6.85. The number of hydrogen-bond donors (Lipinski definition) is 1. The molecule has 150 valence electrons. The summed E-state index contributed by atoms with van der Waals surface area (Å²) < 4.78 is 9.90. The van der Waals surface area contributed by atoms with Crippen molar-refractivity contribution in [3.05, 3.63) is 23.5 Å². The van der Waals surface area contributed by atoms with Crippen LogP contribution in [0.1, 0.15) is 75.4 Å². The number of fused-ring (bicyclic) bond motifs is 1. The van der Waals surface area contributed by atoms with Crippen molar-refractivity contribution < 1.29 is 4.74 Å². The molecule has 8 nitrogen and oxygen atoms in total. The lowest BCUT2D eigenvalue weighted by Crippen LogP contribution is -2.20. The number of nitriles is 1. The molecular formula is C21H25N7O. The topological polar surface area (TPSA) is 108 Å². The standard InChI is InChI=1S/C21H25N7O/c1-12(2)27-20-14(10-22)11-24-21(23)18(20)19(26-27)16-9-15(13-6-7-13)25-28(16)17-5-3-4-8-29-17/h9,11-13,17H,3-8H2,1-2H3,(H2,23,24). The fourth-order valence-electron chi connectivity index (χ4n) is 4.13. The molecule has 0 aromatic carbocycles. The molecule has 1 aliphatic carbocycles. The van der Waals surface area contributed by atoms with Crippen molar-refractivity contribution in [2.75, 3.05) is 12.3 Å². The predicted molar refractivity (Wildman–Crippen MR) is 109 cm³/mol. The van der Waals surface area contributed by atoms with Crippen molar-refractivity contribution in [2.45, 2.75) is 64.1 Å². The van der Waals surface area contributed by atoms with Crippen LogP contribution in [0.25, 0.3) is 22.3 Å². The van der Waals surface area contributed by atoms with E-state index in [4.69, 9.17) is 20.7 Å². The van der Waals surface area contributed by atoms with E-state index in [9.17, 15) is 5.26 Å². The summed E-state index contributed by atoms with van der Waals surface area (Å²) in [6.07, 6.45) is 6.90. The summed E-state index contributed by atoms with van der Waals surface area (Å²) in [5.74, 6) is 0.897. The number of rotatable bonds is 4. The molecule has 0 bridgehead atoms. The van der Waals surface area contributed by atoms with E-state index in [1.165, 1.54) is 19.0 Å². The first-order valence-electron chi connectivity index (χ1n) is 10.4. The van der Waals surface area contributed by atoms with Crippen LogP contribution < -0.4 is 5.73 Å². The van der Waals surface area contributed by atoms with Crippen LogP contribution in [0.4, 0.5) is 5.82 Å². The highest BCUT2D eigenvalue weighted by atomic mass is 16.5. The van der Waals surface area contributed by atoms with Crippen LogP contribution in [0.15, 0.2) is 12.3 Å². The molecule has 1 aliphatic heterocycles. The van der Waals surface area contributed by atoms with Crippen molar-refractivity contribution >= 4 is 16.7 Å². The second-order valence-electron chi connectivity index (χ2n) is 8.27. The Labute approximate surface area is 169 Å². The second-order valence-corrected chi connectivity index (χ2v) is 8.27. The first-order chi connectivity index (χ1) is 14.1. The lowest BCUT2D eigenvalue weighted by molar-refractivity contribution is -0.0385. The van der Waals surface area contributed by atoms with Crippen molar-refractivity contribution in [1.82, 2.24) is 24.5 Å². The molecule has 1 saturated heterocycles. The Balaban J connectivity index is 1.77. The van der Waals surface area contributed by atoms with Gasteiger partial charge in [0, 0.05) is 24.8 Å². The quantitative estimate of drug-likeness (QED) is 0.722. The smallest absolute Gasteiger partial charge is 0.150 e. The zero-order valence-corrected chi connectivity index (χ0v) is 16.8. The van der Waals surface area contributed by atoms with Gasteiger partial charge in [-0.05, 0) is 52.0 Å². The molecule has 1 unspecified atom stereocenters. The molecule has 5 rings (SSSR count). The van der Waals surface area contributed by atoms with Crippen LogP contribution in [0.3, 0.4) is 0 Å². The third-order valence-electron chi connectivity index (χ3n) is 5.79. The number of ether oxygens (including phenoxy) is 1. The molecule has 8 heteroatoms. The SMILES string of the molecule is CC(C)n1nc(-c2cc(C3CC3)nn2C2CCCCO2)c2c(N)ncc(C#N)c21. The van der Waals surface area contributed by atoms with Gasteiger partial charge in [-0.2, -0.15) is 15.5 Å². The lowest BCUT2D eigenvalue weighted by Gasteiger charge is -2.24. The summed E-state index contributed by atoms with van der Waals surface area (Å²) in [6.45, 7) is 4.84. The van der Waals surface area contributed by atoms with Crippen LogP contribution in [-0.2, 0) is 4.74 Å². The maximum absolute atomic E-state index is 9.65. The molecule has 0 amide bonds. The van der Waals surface area contributed by atoms with Gasteiger partial charge in [0.15, 0.2) is 6.23 Å². The number of anilines is 1. The van der Waals surface area contributed by atoms with Crippen LogP contribution in [0.5, 0.6) is 0 Å². The summed E-state index contributed by atoms with van der Waals surface area (Å²) in [4.78, 5) is 4.27. The van der Waals surface area contributed by atoms with Crippen LogP contribution in [0.2, 0.25) is 0 Å². The molecule has 3 aromatic heterocycles. The van der Waals surface area contributed by atoms with E-state index in [2.05, 4.69) is 17.1 Å². The van der Waals surface area contributed by atoms with Gasteiger partial charge in [-0.1, -0.05) is 0 Å². The summed E-state index contributed by atoms with van der Waals surface area (Å²) in [5, 5.41) is 20.2. The molecule has 2 fully saturated rings. The minimum absolute atomic E-state index is 0.0744. The van der Waals surface area contributed by atoms with Gasteiger partial charge >= 0.3 is 0 Å². The molecule has 2 aliphatic rings. The number of pyridine rings is 1. The molecule has 29 heavy (non-hydrogen) atoms. The van der Waals surface area contributed by atoms with Gasteiger partial charge in [-0.15, -0.1) is 0 Å². The third-order valence-corrected chi connectivity index (χ3v) is 5.79. The molecule has 2 N–H and O–H groups in total. The highest BCUT2D eigenvalue weighted by Crippen LogP contribution is 2.43. The van der Waals surface area contributed by atoms with E-state index in [0.29, 0.717) is 17.3 Å². The normalized spacial score (nSPS) is 19.7. The molecule has 4 heterocycles. The Hall–Kier alpha value is -2.92. The van der Waals surface area contributed by atoms with Gasteiger partial charge in [-0.3, -0.25) is 4.68 Å². The predicted octanol–water partition coefficient (Wildman–Crippen LogP) is 3.91. The first kappa shape index (κ1) is 18.1. The van der Waals surface area contributed by atoms with Gasteiger partial charge < -0.3 is 10.5 Å². The van der Waals surface area contributed by atoms with E-state index >= 15 is 0 Å². The lowest BCUT2D eigenvalue weighted by atomic mass is 10.1. The van der Waals surface area contributed by atoms with Gasteiger partial charge in [0.1, 0.15) is 17.6 Å². The fourth-order valence-corrected chi connectivity index (χ4v) is 4.13. The van der Waals surface area contributed by atoms with Crippen molar-refractivity contribution in [3.8, 4) is 17.5 Å². The highest BCUT2D eigenvalue weighted by molar-refractivity contribution is 6.02. The molecular weight excluding hydrogens is 366 g/mol. The van der Waals surface area contributed by atoms with Crippen molar-refractivity contribution in [1.29, 1.82) is 5.26 Å². The van der Waals surface area contributed by atoms with E-state index < -0.39 is 0 Å². The number of nitrogen functional groups attached to an aromatic ring is 1. The Kier molecular flexibility index (Phi) is 4.28. The Morgan fingerprint density at radius 2 is 2.07 bits per heavy atom. The minimum Gasteiger partial charge on any atom is -0.383 e. The largest absolute Gasteiger partial charge is 0.383 e. The number of hydrogen-bond acceptors (Lipinski definition) is 6. The van der Waals surface area contributed by atoms with E-state index in [0.717, 1.165) is 53.9 Å². The number of nitrogens with two attached hydrogens (primary N) is 1.